The van der Waals surface area contributed by atoms with E-state index in [4.69, 9.17) is 27.9 Å². The van der Waals surface area contributed by atoms with E-state index in [9.17, 15) is 9.59 Å². The van der Waals surface area contributed by atoms with Crippen molar-refractivity contribution in [3.05, 3.63) is 57.6 Å². The molecule has 0 saturated heterocycles. The summed E-state index contributed by atoms with van der Waals surface area (Å²) in [6, 6.07) is 10.6. The maximum Gasteiger partial charge on any atom is 0.308 e. The van der Waals surface area contributed by atoms with E-state index < -0.39 is 5.97 Å². The van der Waals surface area contributed by atoms with Gasteiger partial charge in [-0.05, 0) is 29.8 Å². The largest absolute Gasteiger partial charge is 0.424 e. The highest BCUT2D eigenvalue weighted by Gasteiger charge is 2.23. The van der Waals surface area contributed by atoms with Crippen LogP contribution < -0.4 is 10.1 Å². The highest BCUT2D eigenvalue weighted by atomic mass is 35.5. The number of fused-ring (bicyclic) bond motifs is 1. The van der Waals surface area contributed by atoms with Crippen molar-refractivity contribution in [2.45, 2.75) is 6.92 Å². The fourth-order valence-corrected chi connectivity index (χ4v) is 2.93. The first-order valence-electron chi connectivity index (χ1n) is 6.75. The van der Waals surface area contributed by atoms with Gasteiger partial charge >= 0.3 is 5.97 Å². The van der Waals surface area contributed by atoms with Crippen LogP contribution in [0, 0.1) is 0 Å². The van der Waals surface area contributed by atoms with Gasteiger partial charge in [0.05, 0.1) is 10.0 Å². The summed E-state index contributed by atoms with van der Waals surface area (Å²) in [4.78, 5) is 23.2. The fraction of sp³-hybridized carbons (Fsp3) is 0.0588. The van der Waals surface area contributed by atoms with Crippen LogP contribution in [0.2, 0.25) is 10.0 Å². The number of halogens is 2. The van der Waals surface area contributed by atoms with Crippen LogP contribution in [0.4, 0.5) is 5.69 Å². The van der Waals surface area contributed by atoms with E-state index in [1.54, 1.807) is 18.2 Å². The Morgan fingerprint density at radius 1 is 1.17 bits per heavy atom. The van der Waals surface area contributed by atoms with Gasteiger partial charge in [0.2, 0.25) is 0 Å². The van der Waals surface area contributed by atoms with Crippen LogP contribution in [0.3, 0.4) is 0 Å². The lowest BCUT2D eigenvalue weighted by Gasteiger charge is -2.08. The molecule has 116 valence electrons. The summed E-state index contributed by atoms with van der Waals surface area (Å²) in [7, 11) is 0. The molecule has 0 bridgehead atoms. The van der Waals surface area contributed by atoms with Crippen molar-refractivity contribution in [2.75, 3.05) is 5.32 Å². The van der Waals surface area contributed by atoms with E-state index in [1.165, 1.54) is 6.92 Å². The van der Waals surface area contributed by atoms with Crippen molar-refractivity contribution in [1.29, 1.82) is 0 Å². The Morgan fingerprint density at radius 3 is 2.48 bits per heavy atom. The summed E-state index contributed by atoms with van der Waals surface area (Å²) in [6.07, 6.45) is 1.69. The molecule has 4 nitrogen and oxygen atoms in total. The van der Waals surface area contributed by atoms with E-state index >= 15 is 0 Å². The van der Waals surface area contributed by atoms with E-state index in [0.29, 0.717) is 11.1 Å². The normalized spacial score (nSPS) is 14.6. The lowest BCUT2D eigenvalue weighted by atomic mass is 10.0. The molecule has 0 unspecified atom stereocenters. The zero-order valence-corrected chi connectivity index (χ0v) is 13.5. The van der Waals surface area contributed by atoms with Crippen LogP contribution in [-0.2, 0) is 9.59 Å². The SMILES string of the molecule is CC(=O)Oc1c(Cl)cc(/C=C2\C(=O)Nc3ccccc32)cc1Cl. The van der Waals surface area contributed by atoms with Crippen molar-refractivity contribution < 1.29 is 14.3 Å². The number of ether oxygens (including phenoxy) is 1. The lowest BCUT2D eigenvalue weighted by molar-refractivity contribution is -0.131. The highest BCUT2D eigenvalue weighted by molar-refractivity contribution is 6.38. The first-order chi connectivity index (χ1) is 11.0. The van der Waals surface area contributed by atoms with Crippen LogP contribution in [0.25, 0.3) is 11.6 Å². The van der Waals surface area contributed by atoms with Crippen molar-refractivity contribution >= 4 is 52.4 Å². The number of esters is 1. The van der Waals surface area contributed by atoms with Crippen molar-refractivity contribution in [1.82, 2.24) is 0 Å². The highest BCUT2D eigenvalue weighted by Crippen LogP contribution is 2.37. The number of carbonyl (C=O) groups is 2. The number of amides is 1. The Bertz CT molecular complexity index is 836. The number of rotatable bonds is 2. The number of benzene rings is 2. The average molecular weight is 348 g/mol. The maximum absolute atomic E-state index is 12.1. The fourth-order valence-electron chi connectivity index (χ4n) is 2.35. The number of hydrogen-bond donors (Lipinski definition) is 1. The van der Waals surface area contributed by atoms with Crippen LogP contribution in [0.1, 0.15) is 18.1 Å². The molecular weight excluding hydrogens is 337 g/mol. The molecule has 0 fully saturated rings. The molecule has 1 amide bonds. The maximum atomic E-state index is 12.1. The number of anilines is 1. The van der Waals surface area contributed by atoms with Gasteiger partial charge in [0, 0.05) is 23.7 Å². The predicted molar refractivity (Wildman–Crippen MR) is 90.7 cm³/mol. The van der Waals surface area contributed by atoms with E-state index in [-0.39, 0.29) is 21.7 Å². The molecule has 0 radical (unpaired) electrons. The Kier molecular flexibility index (Phi) is 4.11. The third kappa shape index (κ3) is 3.09. The topological polar surface area (TPSA) is 55.4 Å². The molecule has 0 atom stereocenters. The molecule has 23 heavy (non-hydrogen) atoms. The van der Waals surface area contributed by atoms with Crippen LogP contribution >= 0.6 is 23.2 Å². The van der Waals surface area contributed by atoms with Crippen LogP contribution in [0.15, 0.2) is 36.4 Å². The molecule has 0 spiro atoms. The molecule has 6 heteroatoms. The number of hydrogen-bond acceptors (Lipinski definition) is 3. The second kappa shape index (κ2) is 6.07. The van der Waals surface area contributed by atoms with E-state index in [1.807, 2.05) is 24.3 Å². The van der Waals surface area contributed by atoms with Crippen LogP contribution in [0.5, 0.6) is 5.75 Å². The van der Waals surface area contributed by atoms with Gasteiger partial charge in [0.25, 0.3) is 5.91 Å². The first-order valence-corrected chi connectivity index (χ1v) is 7.51. The molecule has 0 aliphatic carbocycles. The van der Waals surface area contributed by atoms with Gasteiger partial charge in [0.15, 0.2) is 5.75 Å². The summed E-state index contributed by atoms with van der Waals surface area (Å²) in [5.41, 5.74) is 2.73. The van der Waals surface area contributed by atoms with Crippen molar-refractivity contribution in [3.63, 3.8) is 0 Å². The standard InChI is InChI=1S/C17H11Cl2NO3/c1-9(21)23-16-13(18)7-10(8-14(16)19)6-12-11-4-2-3-5-15(11)20-17(12)22/h2-8H,1H3,(H,20,22)/b12-6-. The molecule has 0 saturated carbocycles. The Balaban J connectivity index is 2.04. The Labute approximate surface area is 142 Å². The third-order valence-corrected chi connectivity index (χ3v) is 3.85. The molecular formula is C17H11Cl2NO3. The zero-order chi connectivity index (χ0) is 16.6. The minimum absolute atomic E-state index is 0.110. The number of para-hydroxylation sites is 1. The van der Waals surface area contributed by atoms with Gasteiger partial charge < -0.3 is 10.1 Å². The van der Waals surface area contributed by atoms with Gasteiger partial charge in [-0.3, -0.25) is 9.59 Å². The Morgan fingerprint density at radius 2 is 1.83 bits per heavy atom. The zero-order valence-electron chi connectivity index (χ0n) is 12.0. The van der Waals surface area contributed by atoms with E-state index in [2.05, 4.69) is 5.32 Å². The summed E-state index contributed by atoms with van der Waals surface area (Å²) in [5, 5.41) is 3.19. The number of carbonyl (C=O) groups excluding carboxylic acids is 2. The van der Waals surface area contributed by atoms with Crippen LogP contribution in [-0.4, -0.2) is 11.9 Å². The monoisotopic (exact) mass is 347 g/mol. The van der Waals surface area contributed by atoms with Gasteiger partial charge in [-0.2, -0.15) is 0 Å². The predicted octanol–water partition coefficient (Wildman–Crippen LogP) is 4.41. The molecule has 1 N–H and O–H groups in total. The van der Waals surface area contributed by atoms with Gasteiger partial charge in [-0.15, -0.1) is 0 Å². The summed E-state index contributed by atoms with van der Waals surface area (Å²) in [5.74, 6) is -0.592. The molecule has 0 aromatic heterocycles. The lowest BCUT2D eigenvalue weighted by Crippen LogP contribution is -2.04. The van der Waals surface area contributed by atoms with Crippen molar-refractivity contribution in [3.8, 4) is 5.75 Å². The molecule has 3 rings (SSSR count). The summed E-state index contributed by atoms with van der Waals surface area (Å²) in [6.45, 7) is 1.27. The van der Waals surface area contributed by atoms with Gasteiger partial charge in [-0.1, -0.05) is 41.4 Å². The second-order valence-electron chi connectivity index (χ2n) is 4.97. The van der Waals surface area contributed by atoms with Gasteiger partial charge in [0.1, 0.15) is 0 Å². The minimum atomic E-state index is -0.510. The summed E-state index contributed by atoms with van der Waals surface area (Å²) >= 11 is 12.2. The molecule has 2 aromatic carbocycles. The van der Waals surface area contributed by atoms with Crippen molar-refractivity contribution in [2.24, 2.45) is 0 Å². The molecule has 2 aromatic rings. The summed E-state index contributed by atoms with van der Waals surface area (Å²) < 4.78 is 4.98. The average Bonchev–Trinajstić information content (AvgIpc) is 2.79. The molecule has 1 aliphatic rings. The molecule has 1 heterocycles. The quantitative estimate of drug-likeness (QED) is 0.497. The Hall–Kier alpha value is -2.30. The third-order valence-electron chi connectivity index (χ3n) is 3.29. The van der Waals surface area contributed by atoms with Gasteiger partial charge in [-0.25, -0.2) is 0 Å². The second-order valence-corrected chi connectivity index (χ2v) is 5.78. The van der Waals surface area contributed by atoms with E-state index in [0.717, 1.165) is 11.3 Å². The first kappa shape index (κ1) is 15.6. The molecule has 1 aliphatic heterocycles. The minimum Gasteiger partial charge on any atom is -0.424 e. The number of nitrogens with one attached hydrogen (secondary N) is 1. The smallest absolute Gasteiger partial charge is 0.308 e.